The Morgan fingerprint density at radius 3 is 2.76 bits per heavy atom. The summed E-state index contributed by atoms with van der Waals surface area (Å²) in [7, 11) is 0. The van der Waals surface area contributed by atoms with E-state index in [-0.39, 0.29) is 5.92 Å². The SMILES string of the molecule is CCC1CCCCN1C(=O)C1CCCC1CN. The second-order valence-electron chi connectivity index (χ2n) is 5.62. The summed E-state index contributed by atoms with van der Waals surface area (Å²) in [5.41, 5.74) is 5.79. The maximum atomic E-state index is 12.6. The van der Waals surface area contributed by atoms with Gasteiger partial charge in [0.05, 0.1) is 0 Å². The van der Waals surface area contributed by atoms with Crippen LogP contribution < -0.4 is 5.73 Å². The second kappa shape index (κ2) is 5.85. The first-order valence-electron chi connectivity index (χ1n) is 7.28. The van der Waals surface area contributed by atoms with Crippen LogP contribution in [0.1, 0.15) is 51.9 Å². The Kier molecular flexibility index (Phi) is 4.43. The van der Waals surface area contributed by atoms with Crippen LogP contribution in [0, 0.1) is 11.8 Å². The van der Waals surface area contributed by atoms with Crippen LogP contribution in [-0.4, -0.2) is 29.9 Å². The monoisotopic (exact) mass is 238 g/mol. The van der Waals surface area contributed by atoms with Crippen LogP contribution >= 0.6 is 0 Å². The minimum Gasteiger partial charge on any atom is -0.339 e. The van der Waals surface area contributed by atoms with Gasteiger partial charge in [-0.1, -0.05) is 13.3 Å². The minimum absolute atomic E-state index is 0.229. The Morgan fingerprint density at radius 2 is 2.06 bits per heavy atom. The molecule has 2 rings (SSSR count). The zero-order valence-corrected chi connectivity index (χ0v) is 11.0. The number of likely N-dealkylation sites (tertiary alicyclic amines) is 1. The van der Waals surface area contributed by atoms with Crippen molar-refractivity contribution in [2.75, 3.05) is 13.1 Å². The standard InChI is InChI=1S/C14H26N2O/c1-2-12-7-3-4-9-16(12)14(17)13-8-5-6-11(13)10-15/h11-13H,2-10,15H2,1H3. The highest BCUT2D eigenvalue weighted by Crippen LogP contribution is 2.34. The fourth-order valence-corrected chi connectivity index (χ4v) is 3.57. The lowest BCUT2D eigenvalue weighted by Gasteiger charge is -2.37. The highest BCUT2D eigenvalue weighted by atomic mass is 16.2. The third kappa shape index (κ3) is 2.65. The molecule has 2 N–H and O–H groups in total. The topological polar surface area (TPSA) is 46.3 Å². The molecule has 0 aromatic rings. The third-order valence-electron chi connectivity index (χ3n) is 4.66. The Morgan fingerprint density at radius 1 is 1.24 bits per heavy atom. The molecular weight excluding hydrogens is 212 g/mol. The molecule has 0 bridgehead atoms. The van der Waals surface area contributed by atoms with Crippen molar-refractivity contribution in [3.8, 4) is 0 Å². The molecule has 17 heavy (non-hydrogen) atoms. The molecule has 3 nitrogen and oxygen atoms in total. The number of carbonyl (C=O) groups excluding carboxylic acids is 1. The van der Waals surface area contributed by atoms with E-state index >= 15 is 0 Å². The van der Waals surface area contributed by atoms with Gasteiger partial charge in [-0.25, -0.2) is 0 Å². The smallest absolute Gasteiger partial charge is 0.226 e. The van der Waals surface area contributed by atoms with Crippen molar-refractivity contribution in [3.63, 3.8) is 0 Å². The largest absolute Gasteiger partial charge is 0.339 e. The van der Waals surface area contributed by atoms with Gasteiger partial charge in [0.15, 0.2) is 0 Å². The van der Waals surface area contributed by atoms with Crippen molar-refractivity contribution in [1.82, 2.24) is 4.90 Å². The number of piperidine rings is 1. The number of nitrogens with zero attached hydrogens (tertiary/aromatic N) is 1. The fraction of sp³-hybridized carbons (Fsp3) is 0.929. The van der Waals surface area contributed by atoms with E-state index in [0.717, 1.165) is 25.8 Å². The number of nitrogens with two attached hydrogens (primary N) is 1. The van der Waals surface area contributed by atoms with Crippen LogP contribution in [0.3, 0.4) is 0 Å². The zero-order chi connectivity index (χ0) is 12.3. The first-order chi connectivity index (χ1) is 8.27. The quantitative estimate of drug-likeness (QED) is 0.819. The summed E-state index contributed by atoms with van der Waals surface area (Å²) >= 11 is 0. The molecule has 1 aliphatic heterocycles. The molecule has 2 fully saturated rings. The van der Waals surface area contributed by atoms with Gasteiger partial charge in [0, 0.05) is 18.5 Å². The van der Waals surface area contributed by atoms with Gasteiger partial charge in [-0.3, -0.25) is 4.79 Å². The van der Waals surface area contributed by atoms with E-state index in [4.69, 9.17) is 5.73 Å². The number of rotatable bonds is 3. The molecule has 1 heterocycles. The first-order valence-corrected chi connectivity index (χ1v) is 7.28. The molecule has 1 amide bonds. The van der Waals surface area contributed by atoms with E-state index in [1.165, 1.54) is 25.7 Å². The molecule has 3 unspecified atom stereocenters. The van der Waals surface area contributed by atoms with Crippen molar-refractivity contribution in [2.45, 2.75) is 57.9 Å². The van der Waals surface area contributed by atoms with Crippen LogP contribution in [0.15, 0.2) is 0 Å². The molecule has 0 aromatic carbocycles. The summed E-state index contributed by atoms with van der Waals surface area (Å²) in [6.45, 7) is 3.86. The van der Waals surface area contributed by atoms with Gasteiger partial charge in [0.1, 0.15) is 0 Å². The minimum atomic E-state index is 0.229. The molecule has 98 valence electrons. The zero-order valence-electron chi connectivity index (χ0n) is 11.0. The van der Waals surface area contributed by atoms with E-state index in [0.29, 0.717) is 24.4 Å². The molecular formula is C14H26N2O. The maximum Gasteiger partial charge on any atom is 0.226 e. The highest BCUT2D eigenvalue weighted by Gasteiger charge is 2.37. The summed E-state index contributed by atoms with van der Waals surface area (Å²) in [6.07, 6.45) is 8.16. The normalized spacial score (nSPS) is 34.0. The summed E-state index contributed by atoms with van der Waals surface area (Å²) in [6, 6.07) is 0.496. The average molecular weight is 238 g/mol. The molecule has 3 heteroatoms. The third-order valence-corrected chi connectivity index (χ3v) is 4.66. The van der Waals surface area contributed by atoms with Crippen LogP contribution in [0.4, 0.5) is 0 Å². The van der Waals surface area contributed by atoms with E-state index in [1.807, 2.05) is 0 Å². The van der Waals surface area contributed by atoms with Crippen molar-refractivity contribution in [2.24, 2.45) is 17.6 Å². The van der Waals surface area contributed by atoms with Crippen LogP contribution in [0.5, 0.6) is 0 Å². The maximum absolute atomic E-state index is 12.6. The van der Waals surface area contributed by atoms with Gasteiger partial charge in [0.2, 0.25) is 5.91 Å². The van der Waals surface area contributed by atoms with Crippen molar-refractivity contribution in [1.29, 1.82) is 0 Å². The van der Waals surface area contributed by atoms with Crippen molar-refractivity contribution in [3.05, 3.63) is 0 Å². The lowest BCUT2D eigenvalue weighted by molar-refractivity contribution is -0.140. The molecule has 1 aliphatic carbocycles. The van der Waals surface area contributed by atoms with Gasteiger partial charge in [-0.05, 0) is 51.0 Å². The van der Waals surface area contributed by atoms with E-state index in [9.17, 15) is 4.79 Å². The molecule has 1 saturated carbocycles. The van der Waals surface area contributed by atoms with Crippen LogP contribution in [0.2, 0.25) is 0 Å². The summed E-state index contributed by atoms with van der Waals surface area (Å²) < 4.78 is 0. The van der Waals surface area contributed by atoms with Crippen molar-refractivity contribution >= 4 is 5.91 Å². The first kappa shape index (κ1) is 12.9. The van der Waals surface area contributed by atoms with Gasteiger partial charge < -0.3 is 10.6 Å². The summed E-state index contributed by atoms with van der Waals surface area (Å²) in [5, 5.41) is 0. The lowest BCUT2D eigenvalue weighted by atomic mass is 9.91. The van der Waals surface area contributed by atoms with E-state index in [2.05, 4.69) is 11.8 Å². The van der Waals surface area contributed by atoms with Gasteiger partial charge >= 0.3 is 0 Å². The molecule has 0 spiro atoms. The van der Waals surface area contributed by atoms with Gasteiger partial charge in [0.25, 0.3) is 0 Å². The highest BCUT2D eigenvalue weighted by molar-refractivity contribution is 5.80. The molecule has 3 atom stereocenters. The Hall–Kier alpha value is -0.570. The lowest BCUT2D eigenvalue weighted by Crippen LogP contribution is -2.47. The van der Waals surface area contributed by atoms with Gasteiger partial charge in [-0.2, -0.15) is 0 Å². The molecule has 0 radical (unpaired) electrons. The summed E-state index contributed by atoms with van der Waals surface area (Å²) in [4.78, 5) is 14.8. The Labute approximate surface area is 105 Å². The van der Waals surface area contributed by atoms with Crippen molar-refractivity contribution < 1.29 is 4.79 Å². The van der Waals surface area contributed by atoms with E-state index < -0.39 is 0 Å². The molecule has 2 aliphatic rings. The number of hydrogen-bond donors (Lipinski definition) is 1. The average Bonchev–Trinajstić information content (AvgIpc) is 2.86. The van der Waals surface area contributed by atoms with Gasteiger partial charge in [-0.15, -0.1) is 0 Å². The second-order valence-corrected chi connectivity index (χ2v) is 5.62. The number of carbonyl (C=O) groups is 1. The molecule has 0 aromatic heterocycles. The number of hydrogen-bond acceptors (Lipinski definition) is 2. The van der Waals surface area contributed by atoms with E-state index in [1.54, 1.807) is 0 Å². The summed E-state index contributed by atoms with van der Waals surface area (Å²) in [5.74, 6) is 1.08. The predicted molar refractivity (Wildman–Crippen MR) is 69.5 cm³/mol. The predicted octanol–water partition coefficient (Wildman–Crippen LogP) is 2.15. The fourth-order valence-electron chi connectivity index (χ4n) is 3.57. The Bertz CT molecular complexity index is 267. The Balaban J connectivity index is 2.02. The van der Waals surface area contributed by atoms with Crippen LogP contribution in [-0.2, 0) is 4.79 Å². The van der Waals surface area contributed by atoms with Crippen LogP contribution in [0.25, 0.3) is 0 Å². The molecule has 1 saturated heterocycles. The number of amides is 1.